The topological polar surface area (TPSA) is 0 Å². The Morgan fingerprint density at radius 2 is 0.296 bits per heavy atom. The molecule has 0 aromatic rings. The summed E-state index contributed by atoms with van der Waals surface area (Å²) >= 11 is 0. The van der Waals surface area contributed by atoms with E-state index in [1.54, 1.807) is 0 Å². The molecule has 0 atom stereocenters. The van der Waals surface area contributed by atoms with Crippen molar-refractivity contribution in [3.8, 4) is 0 Å². The van der Waals surface area contributed by atoms with Crippen LogP contribution in [0, 0.1) is 0 Å². The zero-order valence-electron chi connectivity index (χ0n) is 24.9. The predicted octanol–water partition coefficient (Wildman–Crippen LogP) is 13.0. The van der Waals surface area contributed by atoms with Crippen LogP contribution in [-0.2, 0) is 0 Å². The smallest absolute Gasteiger partial charge is 0.0533 e. The molecule has 2 aliphatic rings. The highest BCUT2D eigenvalue weighted by molar-refractivity contribution is 4.51. The van der Waals surface area contributed by atoms with Gasteiger partial charge in [-0.25, -0.2) is 0 Å². The van der Waals surface area contributed by atoms with Gasteiger partial charge < -0.3 is 0 Å². The Morgan fingerprint density at radius 3 is 0.296 bits per heavy atom. The van der Waals surface area contributed by atoms with Crippen LogP contribution in [0.25, 0.3) is 0 Å². The van der Waals surface area contributed by atoms with Gasteiger partial charge in [-0.2, -0.15) is 0 Å². The molecular formula is C27H74. The molecule has 0 radical (unpaired) electrons. The maximum atomic E-state index is 2.12. The van der Waals surface area contributed by atoms with E-state index in [4.69, 9.17) is 0 Å². The van der Waals surface area contributed by atoms with Crippen molar-refractivity contribution in [2.75, 3.05) is 0 Å². The summed E-state index contributed by atoms with van der Waals surface area (Å²) in [4.78, 5) is 0. The van der Waals surface area contributed by atoms with Crippen LogP contribution in [-0.4, -0.2) is 0 Å². The molecular weight excluding hydrogens is 324 g/mol. The van der Waals surface area contributed by atoms with Crippen molar-refractivity contribution < 1.29 is 0 Å². The predicted molar refractivity (Wildman–Crippen MR) is 146 cm³/mol. The second-order valence-electron chi connectivity index (χ2n) is 2.83. The van der Waals surface area contributed by atoms with Crippen molar-refractivity contribution in [2.24, 2.45) is 0 Å². The van der Waals surface area contributed by atoms with Crippen molar-refractivity contribution >= 4 is 0 Å². The molecule has 0 saturated heterocycles. The van der Waals surface area contributed by atoms with Gasteiger partial charge in [0.25, 0.3) is 0 Å². The van der Waals surface area contributed by atoms with Crippen molar-refractivity contribution in [2.45, 2.75) is 183 Å². The molecule has 182 valence electrons. The fraction of sp³-hybridized carbons (Fsp3) is 1.00. The van der Waals surface area contributed by atoms with E-state index in [1.807, 2.05) is 125 Å². The molecule has 0 spiro atoms. The number of rotatable bonds is 0. The molecule has 0 unspecified atom stereocenters. The summed E-state index contributed by atoms with van der Waals surface area (Å²) in [7, 11) is 0. The van der Waals surface area contributed by atoms with E-state index < -0.39 is 0 Å². The van der Waals surface area contributed by atoms with E-state index in [1.165, 1.54) is 44.9 Å². The molecule has 2 saturated carbocycles. The lowest BCUT2D eigenvalue weighted by molar-refractivity contribution is 1.09. The maximum Gasteiger partial charge on any atom is -0.0533 e. The number of hydrogen-bond acceptors (Lipinski definition) is 0. The van der Waals surface area contributed by atoms with Crippen LogP contribution in [0.15, 0.2) is 0 Å². The summed E-state index contributed by atoms with van der Waals surface area (Å²) in [6.07, 6.45) is 10.2. The first-order valence-corrected chi connectivity index (χ1v) is 13.4. The lowest BCUT2D eigenvalue weighted by atomic mass is 10.6. The molecule has 0 amide bonds. The standard InChI is InChI=1S/2C3H6.C3H8.9C2H6/c2*1-2-3-1;1-3-2;9*1-2/h2*1-3H2;3H2,1-2H3;9*1-2H3. The molecule has 0 heteroatoms. The minimum absolute atomic E-state index is 1.25. The minimum Gasteiger partial charge on any atom is -0.0683 e. The Bertz CT molecular complexity index is 23.8. The van der Waals surface area contributed by atoms with E-state index in [0.717, 1.165) is 0 Å². The highest BCUT2D eigenvalue weighted by Gasteiger charge is 1.95. The van der Waals surface area contributed by atoms with E-state index in [0.29, 0.717) is 0 Å². The SMILES string of the molecule is C1CC1.C1CC1.CC.CC.CC.CC.CC.CC.CC.CC.CC.CCC. The quantitative estimate of drug-likeness (QED) is 0.380. The molecule has 0 bridgehead atoms. The molecule has 0 nitrogen and oxygen atoms in total. The van der Waals surface area contributed by atoms with Gasteiger partial charge in [0.15, 0.2) is 0 Å². The first-order valence-electron chi connectivity index (χ1n) is 13.4. The van der Waals surface area contributed by atoms with E-state index in [9.17, 15) is 0 Å². The van der Waals surface area contributed by atoms with Gasteiger partial charge in [0, 0.05) is 0 Å². The molecule has 0 aromatic heterocycles. The van der Waals surface area contributed by atoms with Crippen LogP contribution < -0.4 is 0 Å². The third-order valence-electron chi connectivity index (χ3n) is 0.707. The van der Waals surface area contributed by atoms with Crippen LogP contribution in [0.4, 0.5) is 0 Å². The van der Waals surface area contributed by atoms with E-state index in [2.05, 4.69) is 13.8 Å². The zero-order valence-corrected chi connectivity index (χ0v) is 24.9. The second kappa shape index (κ2) is 332. The van der Waals surface area contributed by atoms with E-state index in [-0.39, 0.29) is 0 Å². The Morgan fingerprint density at radius 1 is 0.259 bits per heavy atom. The molecule has 2 fully saturated rings. The van der Waals surface area contributed by atoms with Gasteiger partial charge >= 0.3 is 0 Å². The highest BCUT2D eigenvalue weighted by Crippen LogP contribution is 2.15. The van der Waals surface area contributed by atoms with Crippen molar-refractivity contribution in [3.05, 3.63) is 0 Å². The summed E-state index contributed by atoms with van der Waals surface area (Å²) in [6.45, 7) is 40.2. The van der Waals surface area contributed by atoms with Gasteiger partial charge in [-0.15, -0.1) is 0 Å². The highest BCUT2D eigenvalue weighted by atomic mass is 14.0. The van der Waals surface area contributed by atoms with Gasteiger partial charge in [0.1, 0.15) is 0 Å². The molecule has 0 aromatic carbocycles. The van der Waals surface area contributed by atoms with Crippen molar-refractivity contribution in [1.82, 2.24) is 0 Å². The van der Waals surface area contributed by atoms with Gasteiger partial charge in [0.2, 0.25) is 0 Å². The Balaban J connectivity index is -0.0000000147. The summed E-state index contributed by atoms with van der Waals surface area (Å²) in [5, 5.41) is 0. The third-order valence-corrected chi connectivity index (χ3v) is 0.707. The molecule has 0 N–H and O–H groups in total. The minimum atomic E-state index is 1.25. The largest absolute Gasteiger partial charge is 0.0683 e. The normalized spacial score (nSPS) is 8.00. The van der Waals surface area contributed by atoms with Crippen LogP contribution in [0.2, 0.25) is 0 Å². The Hall–Kier alpha value is 0. The molecule has 0 aliphatic heterocycles. The Kier molecular flexibility index (Phi) is 776. The van der Waals surface area contributed by atoms with Crippen molar-refractivity contribution in [1.29, 1.82) is 0 Å². The first kappa shape index (κ1) is 63.2. The third kappa shape index (κ3) is 3740. The molecule has 27 heavy (non-hydrogen) atoms. The zero-order chi connectivity index (χ0) is 24.9. The average Bonchev–Trinajstić information content (AvgIpc) is 3.71. The fourth-order valence-corrected chi connectivity index (χ4v) is 0. The molecule has 0 heterocycles. The van der Waals surface area contributed by atoms with Crippen molar-refractivity contribution in [3.63, 3.8) is 0 Å². The lowest BCUT2D eigenvalue weighted by Gasteiger charge is -1.48. The summed E-state index contributed by atoms with van der Waals surface area (Å²) in [5.74, 6) is 0. The van der Waals surface area contributed by atoms with Crippen LogP contribution >= 0.6 is 0 Å². The fourth-order valence-electron chi connectivity index (χ4n) is 0. The van der Waals surface area contributed by atoms with Gasteiger partial charge in [-0.3, -0.25) is 0 Å². The average molecular weight is 399 g/mol. The van der Waals surface area contributed by atoms with Crippen LogP contribution in [0.5, 0.6) is 0 Å². The second-order valence-corrected chi connectivity index (χ2v) is 2.83. The maximum absolute atomic E-state index is 2.12. The lowest BCUT2D eigenvalue weighted by Crippen LogP contribution is -1.27. The van der Waals surface area contributed by atoms with Crippen LogP contribution in [0.3, 0.4) is 0 Å². The Labute approximate surface area is 183 Å². The molecule has 2 rings (SSSR count). The summed E-state index contributed by atoms with van der Waals surface area (Å²) in [5.41, 5.74) is 0. The van der Waals surface area contributed by atoms with Gasteiger partial charge in [-0.05, 0) is 0 Å². The van der Waals surface area contributed by atoms with E-state index >= 15 is 0 Å². The van der Waals surface area contributed by atoms with Gasteiger partial charge in [-0.1, -0.05) is 183 Å². The van der Waals surface area contributed by atoms with Crippen LogP contribution in [0.1, 0.15) is 183 Å². The molecule has 2 aliphatic carbocycles. The summed E-state index contributed by atoms with van der Waals surface area (Å²) in [6, 6.07) is 0. The monoisotopic (exact) mass is 399 g/mol. The first-order chi connectivity index (χ1) is 13.4. The summed E-state index contributed by atoms with van der Waals surface area (Å²) < 4.78 is 0. The number of hydrogen-bond donors (Lipinski definition) is 0. The van der Waals surface area contributed by atoms with Gasteiger partial charge in [0.05, 0.1) is 0 Å².